The normalized spacial score (nSPS) is 26.9. The Kier molecular flexibility index (Phi) is 22.1. The standard InChI is InChI=1S/C59H85F11O20S/c1-19-53(17,44(76)83-32-25-30(54(18,57(62,63)64)89-45(77)87-49(8,9)10)24-31(26-32)56(58(65,66)67,59(68,69)70)90-46(78)88-50(11,12)13)38-37(40(72)84-41(38)73)36-29-22-33(34(23-29)39(71)85-47(2,3)4)35(36)27-52(16,43(75)86-48(5,6)7)21-20-51(14,15)42(74)82-28-55(60,61)91(79,80)81/h29-38H,19-28H2,1-18H3,(H,79,80,81). The molecule has 524 valence electrons. The summed E-state index contributed by atoms with van der Waals surface area (Å²) in [5, 5.41) is -4.93. The number of cyclic esters (lactones) is 2. The molecule has 13 unspecified atom stereocenters. The van der Waals surface area contributed by atoms with Crippen LogP contribution < -0.4 is 0 Å². The number of rotatable bonds is 20. The largest absolute Gasteiger partial charge is 0.510 e. The molecular weight excluding hydrogens is 1270 g/mol. The average Bonchev–Trinajstić information content (AvgIpc) is 1.71. The average molecular weight is 1360 g/mol. The highest BCUT2D eigenvalue weighted by atomic mass is 32.2. The van der Waals surface area contributed by atoms with Gasteiger partial charge in [-0.1, -0.05) is 6.92 Å². The van der Waals surface area contributed by atoms with Gasteiger partial charge in [-0.15, -0.1) is 0 Å². The van der Waals surface area contributed by atoms with Crippen molar-refractivity contribution in [3.8, 4) is 0 Å². The molecule has 2 bridgehead atoms. The Hall–Kier alpha value is -5.30. The first-order valence-electron chi connectivity index (χ1n) is 29.4. The van der Waals surface area contributed by atoms with Crippen molar-refractivity contribution >= 4 is 58.2 Å². The van der Waals surface area contributed by atoms with E-state index in [4.69, 9.17) is 37.7 Å². The second-order valence-corrected chi connectivity index (χ2v) is 31.3. The molecule has 32 heteroatoms. The summed E-state index contributed by atoms with van der Waals surface area (Å²) in [5.74, 6) is -22.4. The van der Waals surface area contributed by atoms with Gasteiger partial charge in [-0.05, 0) is 199 Å². The third-order valence-corrected chi connectivity index (χ3v) is 18.4. The topological polar surface area (TPSA) is 274 Å². The van der Waals surface area contributed by atoms with Gasteiger partial charge >= 0.3 is 87.6 Å². The second-order valence-electron chi connectivity index (χ2n) is 29.7. The molecule has 0 spiro atoms. The predicted molar refractivity (Wildman–Crippen MR) is 293 cm³/mol. The van der Waals surface area contributed by atoms with Crippen molar-refractivity contribution in [1.29, 1.82) is 0 Å². The molecule has 20 nitrogen and oxygen atoms in total. The van der Waals surface area contributed by atoms with Gasteiger partial charge in [0.05, 0.1) is 34.0 Å². The molecule has 4 aliphatic rings. The Morgan fingerprint density at radius 3 is 1.49 bits per heavy atom. The molecule has 0 aromatic carbocycles. The van der Waals surface area contributed by atoms with E-state index in [1.165, 1.54) is 69.2 Å². The maximum Gasteiger partial charge on any atom is 0.510 e. The highest BCUT2D eigenvalue weighted by Gasteiger charge is 2.79. The van der Waals surface area contributed by atoms with Crippen molar-refractivity contribution in [2.24, 2.45) is 69.5 Å². The fourth-order valence-electron chi connectivity index (χ4n) is 12.9. The van der Waals surface area contributed by atoms with Crippen molar-refractivity contribution in [2.45, 2.75) is 246 Å². The van der Waals surface area contributed by atoms with Crippen LogP contribution in [-0.4, -0.2) is 131 Å². The molecule has 1 heterocycles. The summed E-state index contributed by atoms with van der Waals surface area (Å²) in [5.41, 5.74) is -21.7. The fourth-order valence-corrected chi connectivity index (χ4v) is 13.1. The maximum absolute atomic E-state index is 15.6. The first-order chi connectivity index (χ1) is 40.4. The van der Waals surface area contributed by atoms with E-state index in [9.17, 15) is 50.8 Å². The summed E-state index contributed by atoms with van der Waals surface area (Å²) in [7, 11) is -6.06. The lowest BCUT2D eigenvalue weighted by Crippen LogP contribution is -2.67. The van der Waals surface area contributed by atoms with Gasteiger partial charge in [0.2, 0.25) is 5.60 Å². The smallest absolute Gasteiger partial charge is 0.462 e. The first kappa shape index (κ1) is 78.1. The van der Waals surface area contributed by atoms with Crippen molar-refractivity contribution in [3.05, 3.63) is 0 Å². The van der Waals surface area contributed by atoms with E-state index in [2.05, 4.69) is 9.47 Å². The van der Waals surface area contributed by atoms with E-state index in [1.807, 2.05) is 0 Å². The molecule has 0 aromatic rings. The van der Waals surface area contributed by atoms with Crippen molar-refractivity contribution in [3.63, 3.8) is 0 Å². The van der Waals surface area contributed by atoms with E-state index in [1.54, 1.807) is 20.8 Å². The molecule has 0 amide bonds. The minimum atomic E-state index is -6.75. The molecule has 1 saturated heterocycles. The van der Waals surface area contributed by atoms with Crippen molar-refractivity contribution < 1.29 is 142 Å². The molecule has 13 atom stereocenters. The molecule has 91 heavy (non-hydrogen) atoms. The second kappa shape index (κ2) is 25.8. The molecular formula is C59H85F11O20S. The number of halogens is 11. The Morgan fingerprint density at radius 2 is 1.04 bits per heavy atom. The lowest BCUT2D eigenvalue weighted by Gasteiger charge is -2.49. The summed E-state index contributed by atoms with van der Waals surface area (Å²) in [4.78, 5) is 113. The zero-order valence-corrected chi connectivity index (χ0v) is 54.9. The lowest BCUT2D eigenvalue weighted by molar-refractivity contribution is -0.392. The SMILES string of the molecule is CCC(C)(C(=O)OC1CC(C(C)(OC(=O)OC(C)(C)C)C(F)(F)F)CC(C(OC(=O)OC(C)(C)C)(C(F)(F)F)C(F)(F)F)C1)C1C(=O)OC(=O)C1C1C2CC(C(=O)OC(C)(C)C)C(C2)C1CC(C)(CCC(C)(C)C(=O)OCC(F)(F)S(=O)(=O)O)C(=O)OC(C)(C)C. The Balaban J connectivity index is 1.95. The van der Waals surface area contributed by atoms with E-state index in [-0.39, 0.29) is 19.8 Å². The lowest BCUT2D eigenvalue weighted by atomic mass is 9.58. The molecule has 1 N–H and O–H groups in total. The molecule has 0 radical (unpaired) electrons. The van der Waals surface area contributed by atoms with Crippen LogP contribution in [0, 0.1) is 69.5 Å². The highest BCUT2D eigenvalue weighted by Crippen LogP contribution is 2.65. The molecule has 0 aromatic heterocycles. The van der Waals surface area contributed by atoms with Crippen LogP contribution in [0.25, 0.3) is 0 Å². The zero-order chi connectivity index (χ0) is 70.8. The molecule has 4 fully saturated rings. The van der Waals surface area contributed by atoms with Gasteiger partial charge in [0.15, 0.2) is 6.61 Å². The third-order valence-electron chi connectivity index (χ3n) is 17.5. The van der Waals surface area contributed by atoms with Crippen LogP contribution in [-0.2, 0) is 81.5 Å². The van der Waals surface area contributed by atoms with E-state index >= 15 is 44.3 Å². The van der Waals surface area contributed by atoms with Gasteiger partial charge in [0, 0.05) is 11.8 Å². The predicted octanol–water partition coefficient (Wildman–Crippen LogP) is 12.9. The fraction of sp³-hybridized carbons (Fsp3) is 0.864. The minimum absolute atomic E-state index is 0.0567. The van der Waals surface area contributed by atoms with Gasteiger partial charge in [-0.25, -0.2) is 9.59 Å². The summed E-state index contributed by atoms with van der Waals surface area (Å²) in [6, 6.07) is 0. The number of hydrogen-bond acceptors (Lipinski definition) is 19. The Bertz CT molecular complexity index is 2850. The van der Waals surface area contributed by atoms with Gasteiger partial charge in [0.1, 0.15) is 28.5 Å². The first-order valence-corrected chi connectivity index (χ1v) is 30.9. The van der Waals surface area contributed by atoms with E-state index < -0.39 is 243 Å². The van der Waals surface area contributed by atoms with E-state index in [0.29, 0.717) is 0 Å². The zero-order valence-electron chi connectivity index (χ0n) is 54.1. The van der Waals surface area contributed by atoms with Gasteiger partial charge < -0.3 is 42.6 Å². The molecule has 1 aliphatic heterocycles. The summed E-state index contributed by atoms with van der Waals surface area (Å²) in [6.45, 7) is 20.0. The molecule has 4 rings (SSSR count). The third kappa shape index (κ3) is 17.5. The van der Waals surface area contributed by atoms with Crippen LogP contribution >= 0.6 is 0 Å². The number of hydrogen-bond donors (Lipinski definition) is 1. The number of alkyl halides is 11. The van der Waals surface area contributed by atoms with Crippen molar-refractivity contribution in [2.75, 3.05) is 6.61 Å². The van der Waals surface area contributed by atoms with Gasteiger partial charge in [-0.2, -0.15) is 56.7 Å². The monoisotopic (exact) mass is 1350 g/mol. The number of fused-ring (bicyclic) bond motifs is 2. The number of esters is 6. The van der Waals surface area contributed by atoms with E-state index in [0.717, 1.165) is 27.7 Å². The minimum Gasteiger partial charge on any atom is -0.462 e. The summed E-state index contributed by atoms with van der Waals surface area (Å²) >= 11 is 0. The molecule has 3 aliphatic carbocycles. The van der Waals surface area contributed by atoms with Crippen molar-refractivity contribution in [1.82, 2.24) is 0 Å². The quantitative estimate of drug-likeness (QED) is 0.0390. The maximum atomic E-state index is 15.6. The van der Waals surface area contributed by atoms with Crippen LogP contribution in [0.4, 0.5) is 57.9 Å². The number of ether oxygens (including phenoxy) is 9. The van der Waals surface area contributed by atoms with Gasteiger partial charge in [-0.3, -0.25) is 33.3 Å². The van der Waals surface area contributed by atoms with Crippen LogP contribution in [0.5, 0.6) is 0 Å². The Labute approximate surface area is 521 Å². The van der Waals surface area contributed by atoms with Gasteiger partial charge in [0.25, 0.3) is 0 Å². The highest BCUT2D eigenvalue weighted by molar-refractivity contribution is 7.86. The number of carbonyl (C=O) groups excluding carboxylic acids is 8. The van der Waals surface area contributed by atoms with Crippen LogP contribution in [0.1, 0.15) is 182 Å². The number of carbonyl (C=O) groups is 8. The molecule has 3 saturated carbocycles. The van der Waals surface area contributed by atoms with Crippen LogP contribution in [0.3, 0.4) is 0 Å². The summed E-state index contributed by atoms with van der Waals surface area (Å²) < 4.78 is 246. The Morgan fingerprint density at radius 1 is 0.560 bits per heavy atom. The van der Waals surface area contributed by atoms with Crippen LogP contribution in [0.15, 0.2) is 0 Å². The van der Waals surface area contributed by atoms with Crippen LogP contribution in [0.2, 0.25) is 0 Å². The summed E-state index contributed by atoms with van der Waals surface area (Å²) in [6.07, 6.45) is -33.3.